The summed E-state index contributed by atoms with van der Waals surface area (Å²) in [6.07, 6.45) is 2.51. The first-order valence-corrected chi connectivity index (χ1v) is 8.40. The molecule has 3 nitrogen and oxygen atoms in total. The fourth-order valence-corrected chi connectivity index (χ4v) is 3.01. The van der Waals surface area contributed by atoms with Crippen molar-refractivity contribution < 1.29 is 13.5 Å². The SMILES string of the molecule is COc1ccccc1C(CCNCc1ccccc1F)c1ccco1. The van der Waals surface area contributed by atoms with Crippen molar-refractivity contribution >= 4 is 0 Å². The van der Waals surface area contributed by atoms with Crippen LogP contribution in [0.1, 0.15) is 29.2 Å². The molecule has 0 fully saturated rings. The quantitative estimate of drug-likeness (QED) is 0.602. The van der Waals surface area contributed by atoms with Gasteiger partial charge in [-0.15, -0.1) is 0 Å². The lowest BCUT2D eigenvalue weighted by molar-refractivity contribution is 0.398. The Labute approximate surface area is 147 Å². The van der Waals surface area contributed by atoms with Gasteiger partial charge in [0.15, 0.2) is 0 Å². The average Bonchev–Trinajstić information content (AvgIpc) is 3.17. The van der Waals surface area contributed by atoms with E-state index in [1.165, 1.54) is 6.07 Å². The van der Waals surface area contributed by atoms with E-state index in [0.717, 1.165) is 30.0 Å². The van der Waals surface area contributed by atoms with Crippen LogP contribution in [0, 0.1) is 5.82 Å². The Kier molecular flexibility index (Phi) is 5.86. The van der Waals surface area contributed by atoms with Crippen molar-refractivity contribution in [3.05, 3.63) is 89.6 Å². The van der Waals surface area contributed by atoms with Gasteiger partial charge in [-0.1, -0.05) is 36.4 Å². The third-order valence-electron chi connectivity index (χ3n) is 4.28. The smallest absolute Gasteiger partial charge is 0.127 e. The summed E-state index contributed by atoms with van der Waals surface area (Å²) in [6, 6.07) is 18.7. The highest BCUT2D eigenvalue weighted by Gasteiger charge is 2.20. The van der Waals surface area contributed by atoms with Gasteiger partial charge in [0.25, 0.3) is 0 Å². The maximum atomic E-state index is 13.7. The molecule has 0 spiro atoms. The Balaban J connectivity index is 1.68. The minimum atomic E-state index is -0.178. The molecule has 1 N–H and O–H groups in total. The van der Waals surface area contributed by atoms with Crippen molar-refractivity contribution in [1.82, 2.24) is 5.32 Å². The van der Waals surface area contributed by atoms with E-state index in [9.17, 15) is 4.39 Å². The first-order valence-electron chi connectivity index (χ1n) is 8.40. The molecular formula is C21H22FNO2. The number of rotatable bonds is 8. The highest BCUT2D eigenvalue weighted by Crippen LogP contribution is 2.34. The monoisotopic (exact) mass is 339 g/mol. The van der Waals surface area contributed by atoms with E-state index in [0.29, 0.717) is 12.1 Å². The maximum absolute atomic E-state index is 13.7. The van der Waals surface area contributed by atoms with Gasteiger partial charge in [-0.3, -0.25) is 0 Å². The van der Waals surface area contributed by atoms with Gasteiger partial charge in [-0.05, 0) is 37.2 Å². The van der Waals surface area contributed by atoms with Gasteiger partial charge in [0, 0.05) is 23.6 Å². The van der Waals surface area contributed by atoms with Crippen LogP contribution in [-0.4, -0.2) is 13.7 Å². The summed E-state index contributed by atoms with van der Waals surface area (Å²) in [4.78, 5) is 0. The van der Waals surface area contributed by atoms with Crippen LogP contribution in [0.15, 0.2) is 71.3 Å². The molecule has 1 aromatic heterocycles. The number of nitrogens with one attached hydrogen (secondary N) is 1. The van der Waals surface area contributed by atoms with E-state index in [1.54, 1.807) is 25.5 Å². The fraction of sp³-hybridized carbons (Fsp3) is 0.238. The Morgan fingerprint density at radius 2 is 1.84 bits per heavy atom. The molecule has 1 heterocycles. The molecule has 2 aromatic carbocycles. The molecular weight excluding hydrogens is 317 g/mol. The van der Waals surface area contributed by atoms with Crippen molar-refractivity contribution in [3.8, 4) is 5.75 Å². The molecule has 130 valence electrons. The molecule has 0 aliphatic carbocycles. The van der Waals surface area contributed by atoms with Gasteiger partial charge in [0.05, 0.1) is 13.4 Å². The van der Waals surface area contributed by atoms with Crippen LogP contribution >= 0.6 is 0 Å². The molecule has 1 atom stereocenters. The molecule has 3 rings (SSSR count). The average molecular weight is 339 g/mol. The first-order chi connectivity index (χ1) is 12.3. The van der Waals surface area contributed by atoms with Crippen LogP contribution in [0.2, 0.25) is 0 Å². The van der Waals surface area contributed by atoms with E-state index in [1.807, 2.05) is 36.4 Å². The second-order valence-corrected chi connectivity index (χ2v) is 5.87. The van der Waals surface area contributed by atoms with Crippen LogP contribution in [0.5, 0.6) is 5.75 Å². The number of methoxy groups -OCH3 is 1. The molecule has 3 aromatic rings. The summed E-state index contributed by atoms with van der Waals surface area (Å²) in [6.45, 7) is 1.24. The summed E-state index contributed by atoms with van der Waals surface area (Å²) in [5, 5.41) is 3.32. The Hall–Kier alpha value is -2.59. The van der Waals surface area contributed by atoms with Crippen molar-refractivity contribution in [2.24, 2.45) is 0 Å². The summed E-state index contributed by atoms with van der Waals surface area (Å²) in [7, 11) is 1.68. The van der Waals surface area contributed by atoms with Crippen LogP contribution in [0.25, 0.3) is 0 Å². The largest absolute Gasteiger partial charge is 0.496 e. The summed E-state index contributed by atoms with van der Waals surface area (Å²) < 4.78 is 24.8. The Bertz CT molecular complexity index is 786. The number of benzene rings is 2. The number of para-hydroxylation sites is 1. The lowest BCUT2D eigenvalue weighted by atomic mass is 9.92. The van der Waals surface area contributed by atoms with Crippen molar-refractivity contribution in [2.45, 2.75) is 18.9 Å². The van der Waals surface area contributed by atoms with Gasteiger partial charge in [-0.25, -0.2) is 4.39 Å². The number of furan rings is 1. The Morgan fingerprint density at radius 1 is 1.04 bits per heavy atom. The molecule has 0 saturated heterocycles. The topological polar surface area (TPSA) is 34.4 Å². The standard InChI is InChI=1S/C21H22FNO2/c1-24-20-10-5-3-8-17(20)18(21-11-6-14-25-21)12-13-23-15-16-7-2-4-9-19(16)22/h2-11,14,18,23H,12-13,15H2,1H3. The first kappa shape index (κ1) is 17.2. The zero-order valence-electron chi connectivity index (χ0n) is 14.2. The van der Waals surface area contributed by atoms with Gasteiger partial charge in [0.1, 0.15) is 17.3 Å². The summed E-state index contributed by atoms with van der Waals surface area (Å²) >= 11 is 0. The fourth-order valence-electron chi connectivity index (χ4n) is 3.01. The van der Waals surface area contributed by atoms with E-state index in [-0.39, 0.29) is 11.7 Å². The highest BCUT2D eigenvalue weighted by atomic mass is 19.1. The molecule has 1 unspecified atom stereocenters. The predicted octanol–water partition coefficient (Wildman–Crippen LogP) is 4.74. The minimum absolute atomic E-state index is 0.0827. The molecule has 0 aliphatic rings. The lowest BCUT2D eigenvalue weighted by Crippen LogP contribution is -2.18. The van der Waals surface area contributed by atoms with Gasteiger partial charge >= 0.3 is 0 Å². The molecule has 4 heteroatoms. The zero-order chi connectivity index (χ0) is 17.5. The number of halogens is 1. The maximum Gasteiger partial charge on any atom is 0.127 e. The minimum Gasteiger partial charge on any atom is -0.496 e. The van der Waals surface area contributed by atoms with Gasteiger partial charge in [-0.2, -0.15) is 0 Å². The Morgan fingerprint density at radius 3 is 2.60 bits per heavy atom. The second-order valence-electron chi connectivity index (χ2n) is 5.87. The number of ether oxygens (including phenoxy) is 1. The second kappa shape index (κ2) is 8.49. The van der Waals surface area contributed by atoms with E-state index >= 15 is 0 Å². The third-order valence-corrected chi connectivity index (χ3v) is 4.28. The van der Waals surface area contributed by atoms with Crippen molar-refractivity contribution in [2.75, 3.05) is 13.7 Å². The normalized spacial score (nSPS) is 12.1. The molecule has 0 bridgehead atoms. The molecule has 0 radical (unpaired) electrons. The highest BCUT2D eigenvalue weighted by molar-refractivity contribution is 5.39. The van der Waals surface area contributed by atoms with Crippen LogP contribution in [0.4, 0.5) is 4.39 Å². The molecule has 25 heavy (non-hydrogen) atoms. The van der Waals surface area contributed by atoms with Crippen LogP contribution in [-0.2, 0) is 6.54 Å². The summed E-state index contributed by atoms with van der Waals surface area (Å²) in [5.41, 5.74) is 1.77. The van der Waals surface area contributed by atoms with E-state index in [2.05, 4.69) is 11.4 Å². The predicted molar refractivity (Wildman–Crippen MR) is 96.3 cm³/mol. The summed E-state index contributed by atoms with van der Waals surface area (Å²) in [5.74, 6) is 1.65. The number of hydrogen-bond acceptors (Lipinski definition) is 3. The number of hydrogen-bond donors (Lipinski definition) is 1. The van der Waals surface area contributed by atoms with Crippen molar-refractivity contribution in [1.29, 1.82) is 0 Å². The van der Waals surface area contributed by atoms with Crippen LogP contribution < -0.4 is 10.1 Å². The lowest BCUT2D eigenvalue weighted by Gasteiger charge is -2.18. The molecule has 0 aliphatic heterocycles. The molecule has 0 saturated carbocycles. The van der Waals surface area contributed by atoms with E-state index in [4.69, 9.17) is 9.15 Å². The van der Waals surface area contributed by atoms with Gasteiger partial charge in [0.2, 0.25) is 0 Å². The third kappa shape index (κ3) is 4.28. The zero-order valence-corrected chi connectivity index (χ0v) is 14.2. The van der Waals surface area contributed by atoms with Crippen LogP contribution in [0.3, 0.4) is 0 Å². The molecule has 0 amide bonds. The van der Waals surface area contributed by atoms with E-state index < -0.39 is 0 Å². The van der Waals surface area contributed by atoms with Crippen molar-refractivity contribution in [3.63, 3.8) is 0 Å². The van der Waals surface area contributed by atoms with Gasteiger partial charge < -0.3 is 14.5 Å².